The van der Waals surface area contributed by atoms with Crippen molar-refractivity contribution in [2.75, 3.05) is 15.4 Å². The molecule has 0 bridgehead atoms. The highest BCUT2D eigenvalue weighted by Crippen LogP contribution is 2.36. The minimum atomic E-state index is -3.77. The van der Waals surface area contributed by atoms with Crippen LogP contribution in [0.1, 0.15) is 24.2 Å². The predicted octanol–water partition coefficient (Wildman–Crippen LogP) is 3.29. The van der Waals surface area contributed by atoms with Crippen molar-refractivity contribution in [1.82, 2.24) is 0 Å². The molecule has 136 valence electrons. The summed E-state index contributed by atoms with van der Waals surface area (Å²) in [4.78, 5) is 25.0. The molecule has 0 spiro atoms. The molecular formula is C18H17ClN2O4S. The van der Waals surface area contributed by atoms with Gasteiger partial charge in [-0.2, -0.15) is 0 Å². The Bertz CT molecular complexity index is 1000. The standard InChI is InChI=1S/C18H17ClN2O4S/c1-18(2)11-26(24,25)21(17(18)23)13-7-5-6-12(10-13)16(22)20-15-9-4-3-8-14(15)19/h3-10H,11H2,1-2H3,(H,20,22). The lowest BCUT2D eigenvalue weighted by molar-refractivity contribution is -0.123. The zero-order chi connectivity index (χ0) is 19.1. The fraction of sp³-hybridized carbons (Fsp3) is 0.222. The van der Waals surface area contributed by atoms with Gasteiger partial charge in [0.1, 0.15) is 0 Å². The predicted molar refractivity (Wildman–Crippen MR) is 101 cm³/mol. The van der Waals surface area contributed by atoms with Crippen molar-refractivity contribution < 1.29 is 18.0 Å². The highest BCUT2D eigenvalue weighted by Gasteiger charge is 2.49. The van der Waals surface area contributed by atoms with Gasteiger partial charge in [-0.05, 0) is 44.2 Å². The Balaban J connectivity index is 1.93. The summed E-state index contributed by atoms with van der Waals surface area (Å²) in [6.45, 7) is 3.17. The summed E-state index contributed by atoms with van der Waals surface area (Å²) in [5.74, 6) is -1.24. The molecule has 0 saturated carbocycles. The van der Waals surface area contributed by atoms with Crippen LogP contribution in [-0.2, 0) is 14.8 Å². The van der Waals surface area contributed by atoms with E-state index < -0.39 is 27.3 Å². The van der Waals surface area contributed by atoms with Gasteiger partial charge in [0, 0.05) is 5.56 Å². The van der Waals surface area contributed by atoms with Gasteiger partial charge in [0.2, 0.25) is 15.9 Å². The normalized spacial score (nSPS) is 18.0. The Morgan fingerprint density at radius 1 is 1.15 bits per heavy atom. The number of carbonyl (C=O) groups is 2. The van der Waals surface area contributed by atoms with Gasteiger partial charge in [0.15, 0.2) is 0 Å². The fourth-order valence-electron chi connectivity index (χ4n) is 2.79. The van der Waals surface area contributed by atoms with Gasteiger partial charge in [-0.15, -0.1) is 0 Å². The lowest BCUT2D eigenvalue weighted by Crippen LogP contribution is -2.33. The number of nitrogens with zero attached hydrogens (tertiary/aromatic N) is 1. The van der Waals surface area contributed by atoms with Gasteiger partial charge < -0.3 is 5.32 Å². The van der Waals surface area contributed by atoms with Crippen molar-refractivity contribution >= 4 is 44.8 Å². The van der Waals surface area contributed by atoms with Crippen LogP contribution in [0.5, 0.6) is 0 Å². The van der Waals surface area contributed by atoms with Gasteiger partial charge in [-0.1, -0.05) is 29.8 Å². The molecule has 1 heterocycles. The Labute approximate surface area is 156 Å². The quantitative estimate of drug-likeness (QED) is 0.868. The first-order valence-electron chi connectivity index (χ1n) is 7.85. The molecule has 26 heavy (non-hydrogen) atoms. The highest BCUT2D eigenvalue weighted by atomic mass is 35.5. The van der Waals surface area contributed by atoms with Crippen LogP contribution in [0.25, 0.3) is 0 Å². The first-order chi connectivity index (χ1) is 12.1. The lowest BCUT2D eigenvalue weighted by Gasteiger charge is -2.18. The highest BCUT2D eigenvalue weighted by molar-refractivity contribution is 7.94. The number of nitrogens with one attached hydrogen (secondary N) is 1. The largest absolute Gasteiger partial charge is 0.321 e. The van der Waals surface area contributed by atoms with Crippen molar-refractivity contribution in [2.24, 2.45) is 5.41 Å². The minimum absolute atomic E-state index is 0.146. The molecule has 1 aliphatic rings. The van der Waals surface area contributed by atoms with E-state index in [-0.39, 0.29) is 17.0 Å². The Morgan fingerprint density at radius 2 is 1.85 bits per heavy atom. The Morgan fingerprint density at radius 3 is 2.46 bits per heavy atom. The van der Waals surface area contributed by atoms with Crippen molar-refractivity contribution in [3.8, 4) is 0 Å². The number of sulfonamides is 1. The molecular weight excluding hydrogens is 376 g/mol. The summed E-state index contributed by atoms with van der Waals surface area (Å²) < 4.78 is 25.6. The van der Waals surface area contributed by atoms with Crippen LogP contribution >= 0.6 is 11.6 Å². The molecule has 8 heteroatoms. The maximum absolute atomic E-state index is 12.5. The van der Waals surface area contributed by atoms with Crippen molar-refractivity contribution in [3.63, 3.8) is 0 Å². The minimum Gasteiger partial charge on any atom is -0.321 e. The molecule has 1 aliphatic heterocycles. The summed E-state index contributed by atoms with van der Waals surface area (Å²) >= 11 is 6.03. The lowest BCUT2D eigenvalue weighted by atomic mass is 9.95. The van der Waals surface area contributed by atoms with Crippen molar-refractivity contribution in [1.29, 1.82) is 0 Å². The van der Waals surface area contributed by atoms with E-state index in [1.165, 1.54) is 24.3 Å². The summed E-state index contributed by atoms with van der Waals surface area (Å²) in [5, 5.41) is 3.05. The zero-order valence-electron chi connectivity index (χ0n) is 14.2. The van der Waals surface area contributed by atoms with Crippen LogP contribution in [-0.4, -0.2) is 26.0 Å². The number of hydrogen-bond donors (Lipinski definition) is 1. The number of anilines is 2. The number of benzene rings is 2. The van der Waals surface area contributed by atoms with E-state index in [2.05, 4.69) is 5.32 Å². The fourth-order valence-corrected chi connectivity index (χ4v) is 5.07. The van der Waals surface area contributed by atoms with Crippen LogP contribution in [0.2, 0.25) is 5.02 Å². The van der Waals surface area contributed by atoms with Gasteiger partial charge in [0.05, 0.1) is 27.6 Å². The molecule has 1 saturated heterocycles. The number of rotatable bonds is 3. The second kappa shape index (κ2) is 6.41. The van der Waals surface area contributed by atoms with E-state index in [4.69, 9.17) is 11.6 Å². The molecule has 0 unspecified atom stereocenters. The molecule has 2 aromatic carbocycles. The van der Waals surface area contributed by atoms with Gasteiger partial charge >= 0.3 is 0 Å². The van der Waals surface area contributed by atoms with Gasteiger partial charge in [-0.25, -0.2) is 12.7 Å². The number of hydrogen-bond acceptors (Lipinski definition) is 4. The third kappa shape index (κ3) is 3.32. The SMILES string of the molecule is CC1(C)CS(=O)(=O)N(c2cccc(C(=O)Nc3ccccc3Cl)c2)C1=O. The average molecular weight is 393 g/mol. The van der Waals surface area contributed by atoms with E-state index in [0.717, 1.165) is 4.31 Å². The van der Waals surface area contributed by atoms with Crippen LogP contribution in [0.4, 0.5) is 11.4 Å². The molecule has 2 amide bonds. The molecule has 6 nitrogen and oxygen atoms in total. The average Bonchev–Trinajstić information content (AvgIpc) is 2.72. The summed E-state index contributed by atoms with van der Waals surface area (Å²) in [6, 6.07) is 12.7. The van der Waals surface area contributed by atoms with Gasteiger partial charge in [-0.3, -0.25) is 9.59 Å². The molecule has 0 aliphatic carbocycles. The van der Waals surface area contributed by atoms with Crippen molar-refractivity contribution in [3.05, 3.63) is 59.1 Å². The monoisotopic (exact) mass is 392 g/mol. The first-order valence-corrected chi connectivity index (χ1v) is 9.84. The number of para-hydroxylation sites is 1. The summed E-state index contributed by atoms with van der Waals surface area (Å²) in [6.07, 6.45) is 0. The maximum atomic E-state index is 12.5. The van der Waals surface area contributed by atoms with E-state index in [9.17, 15) is 18.0 Å². The van der Waals surface area contributed by atoms with Crippen LogP contribution in [0.3, 0.4) is 0 Å². The second-order valence-corrected chi connectivity index (χ2v) is 8.92. The molecule has 1 N–H and O–H groups in total. The molecule has 0 radical (unpaired) electrons. The molecule has 1 fully saturated rings. The second-order valence-electron chi connectivity index (χ2n) is 6.69. The van der Waals surface area contributed by atoms with E-state index in [1.54, 1.807) is 38.1 Å². The smallest absolute Gasteiger partial charge is 0.255 e. The molecule has 0 aromatic heterocycles. The Kier molecular flexibility index (Phi) is 4.54. The number of halogens is 1. The third-order valence-corrected chi connectivity index (χ3v) is 6.40. The van der Waals surface area contributed by atoms with Crippen molar-refractivity contribution in [2.45, 2.75) is 13.8 Å². The topological polar surface area (TPSA) is 83.6 Å². The van der Waals surface area contributed by atoms with E-state index >= 15 is 0 Å². The zero-order valence-corrected chi connectivity index (χ0v) is 15.8. The molecule has 0 atom stereocenters. The van der Waals surface area contributed by atoms with E-state index in [1.807, 2.05) is 0 Å². The summed E-state index contributed by atoms with van der Waals surface area (Å²) in [7, 11) is -3.77. The number of amides is 2. The maximum Gasteiger partial charge on any atom is 0.255 e. The van der Waals surface area contributed by atoms with Crippen LogP contribution < -0.4 is 9.62 Å². The molecule has 2 aromatic rings. The van der Waals surface area contributed by atoms with Crippen LogP contribution in [0, 0.1) is 5.41 Å². The number of carbonyl (C=O) groups excluding carboxylic acids is 2. The molecule has 3 rings (SSSR count). The summed E-state index contributed by atoms with van der Waals surface area (Å²) in [5.41, 5.74) is -0.202. The van der Waals surface area contributed by atoms with Crippen LogP contribution in [0.15, 0.2) is 48.5 Å². The van der Waals surface area contributed by atoms with Gasteiger partial charge in [0.25, 0.3) is 5.91 Å². The first kappa shape index (κ1) is 18.4. The Hall–Kier alpha value is -2.38. The third-order valence-electron chi connectivity index (χ3n) is 4.05. The van der Waals surface area contributed by atoms with E-state index in [0.29, 0.717) is 10.7 Å².